The summed E-state index contributed by atoms with van der Waals surface area (Å²) in [4.78, 5) is 36.7. The first-order valence-electron chi connectivity index (χ1n) is 6.62. The number of hydrogen-bond acceptors (Lipinski definition) is 6. The van der Waals surface area contributed by atoms with Gasteiger partial charge in [0.2, 0.25) is 11.8 Å². The number of carboxylic acid groups (broad SMARTS) is 1. The van der Waals surface area contributed by atoms with E-state index >= 15 is 0 Å². The van der Waals surface area contributed by atoms with Gasteiger partial charge in [0.25, 0.3) is 0 Å². The van der Waals surface area contributed by atoms with Gasteiger partial charge in [0.05, 0.1) is 11.8 Å². The number of aliphatic carboxylic acids is 1. The molecule has 0 aliphatic carbocycles. The molecular weight excluding hydrogens is 362 g/mol. The maximum Gasteiger partial charge on any atom is 0.313 e. The number of nitrogens with one attached hydrogen (secondary N) is 1. The third-order valence-corrected chi connectivity index (χ3v) is 6.48. The number of rotatable bonds is 6. The molecule has 2 fully saturated rings. The van der Waals surface area contributed by atoms with Gasteiger partial charge in [-0.3, -0.25) is 14.4 Å². The van der Waals surface area contributed by atoms with Crippen LogP contribution < -0.4 is 5.32 Å². The molecule has 0 radical (unpaired) electrons. The minimum atomic E-state index is -1.13. The Morgan fingerprint density at radius 2 is 2.39 bits per heavy atom. The van der Waals surface area contributed by atoms with E-state index in [1.165, 1.54) is 28.1 Å². The molecule has 3 atom stereocenters. The van der Waals surface area contributed by atoms with Crippen molar-refractivity contribution < 1.29 is 19.5 Å². The lowest BCUT2D eigenvalue weighted by Gasteiger charge is -2.53. The molecule has 0 aromatic carbocycles. The molecule has 0 saturated carbocycles. The molecule has 2 heterocycles. The third-order valence-electron chi connectivity index (χ3n) is 3.62. The van der Waals surface area contributed by atoms with Gasteiger partial charge in [-0.25, -0.2) is 0 Å². The number of alkyl halides is 1. The number of carbonyl (C=O) groups is 3. The lowest BCUT2D eigenvalue weighted by Crippen LogP contribution is -2.74. The van der Waals surface area contributed by atoms with Gasteiger partial charge in [-0.05, 0) is 5.41 Å². The van der Waals surface area contributed by atoms with Crippen molar-refractivity contribution in [3.05, 3.63) is 11.5 Å². The summed E-state index contributed by atoms with van der Waals surface area (Å²) >= 11 is 8.26. The van der Waals surface area contributed by atoms with Crippen molar-refractivity contribution in [3.63, 3.8) is 0 Å². The fraction of sp³-hybridized carbons (Fsp3) is 0.538. The average molecular weight is 376 g/mol. The highest BCUT2D eigenvalue weighted by molar-refractivity contribution is 8.02. The lowest BCUT2D eigenvalue weighted by molar-refractivity contribution is -0.157. The molecular formula is C13H14ClN3O4S2. The largest absolute Gasteiger partial charge is 0.481 e. The fourth-order valence-electron chi connectivity index (χ4n) is 2.31. The smallest absolute Gasteiger partial charge is 0.313 e. The van der Waals surface area contributed by atoms with Crippen LogP contribution in [0.25, 0.3) is 0 Å². The number of carbonyl (C=O) groups excluding carboxylic acids is 2. The molecule has 2 aliphatic heterocycles. The number of hydrogen-bond donors (Lipinski definition) is 2. The topological polar surface area (TPSA) is 111 Å². The van der Waals surface area contributed by atoms with Crippen molar-refractivity contribution >= 4 is 52.9 Å². The van der Waals surface area contributed by atoms with E-state index in [1.807, 2.05) is 6.07 Å². The van der Waals surface area contributed by atoms with Crippen molar-refractivity contribution in [2.24, 2.45) is 5.41 Å². The van der Waals surface area contributed by atoms with E-state index in [1.54, 1.807) is 0 Å². The van der Waals surface area contributed by atoms with E-state index in [0.717, 1.165) is 11.8 Å². The van der Waals surface area contributed by atoms with Crippen molar-refractivity contribution in [1.82, 2.24) is 10.2 Å². The normalized spacial score (nSPS) is 29.6. The first-order chi connectivity index (χ1) is 10.9. The molecule has 0 aromatic heterocycles. The summed E-state index contributed by atoms with van der Waals surface area (Å²) in [6, 6.07) is 1.19. The molecule has 2 rings (SSSR count). The SMILES string of the molecule is N#CC=CSCC(=O)NC1C(=O)N2CC(CCl)(C(=O)O)CS[C@H]12. The van der Waals surface area contributed by atoms with Crippen LogP contribution in [0.1, 0.15) is 0 Å². The second-order valence-corrected chi connectivity index (χ2v) is 7.44. The zero-order valence-corrected chi connectivity index (χ0v) is 14.3. The first-order valence-corrected chi connectivity index (χ1v) is 9.25. The Kier molecular flexibility index (Phi) is 5.84. The Hall–Kier alpha value is -1.37. The van der Waals surface area contributed by atoms with Gasteiger partial charge in [0.15, 0.2) is 0 Å². The van der Waals surface area contributed by atoms with Gasteiger partial charge < -0.3 is 15.3 Å². The predicted molar refractivity (Wildman–Crippen MR) is 87.9 cm³/mol. The fourth-order valence-corrected chi connectivity index (χ4v) is 4.75. The summed E-state index contributed by atoms with van der Waals surface area (Å²) in [6.07, 6.45) is 1.27. The van der Waals surface area contributed by atoms with Crippen LogP contribution in [-0.4, -0.2) is 63.1 Å². The van der Waals surface area contributed by atoms with Crippen LogP contribution in [0.3, 0.4) is 0 Å². The number of halogens is 1. The highest BCUT2D eigenvalue weighted by Gasteiger charge is 2.57. The number of nitriles is 1. The summed E-state index contributed by atoms with van der Waals surface area (Å²) in [6.45, 7) is 0.0639. The van der Waals surface area contributed by atoms with E-state index in [-0.39, 0.29) is 35.4 Å². The maximum atomic E-state index is 12.1. The second-order valence-electron chi connectivity index (χ2n) is 5.17. The molecule has 2 aliphatic rings. The van der Waals surface area contributed by atoms with Crippen molar-refractivity contribution in [2.45, 2.75) is 11.4 Å². The van der Waals surface area contributed by atoms with E-state index in [4.69, 9.17) is 16.9 Å². The predicted octanol–water partition coefficient (Wildman–Crippen LogP) is 0.467. The van der Waals surface area contributed by atoms with Gasteiger partial charge in [-0.15, -0.1) is 35.1 Å². The minimum Gasteiger partial charge on any atom is -0.481 e. The molecule has 10 heteroatoms. The van der Waals surface area contributed by atoms with E-state index in [0.29, 0.717) is 5.75 Å². The van der Waals surface area contributed by atoms with Gasteiger partial charge in [-0.1, -0.05) is 0 Å². The van der Waals surface area contributed by atoms with E-state index in [2.05, 4.69) is 5.32 Å². The number of β-lactam (4-membered cyclic amide) rings is 1. The molecule has 2 N–H and O–H groups in total. The van der Waals surface area contributed by atoms with Gasteiger partial charge in [-0.2, -0.15) is 5.26 Å². The van der Waals surface area contributed by atoms with Gasteiger partial charge in [0, 0.05) is 24.3 Å². The maximum absolute atomic E-state index is 12.1. The molecule has 2 saturated heterocycles. The zero-order valence-electron chi connectivity index (χ0n) is 11.9. The van der Waals surface area contributed by atoms with Gasteiger partial charge in [0.1, 0.15) is 16.8 Å². The molecule has 23 heavy (non-hydrogen) atoms. The summed E-state index contributed by atoms with van der Waals surface area (Å²) < 4.78 is 0. The van der Waals surface area contributed by atoms with Crippen LogP contribution in [0, 0.1) is 16.7 Å². The second kappa shape index (κ2) is 7.47. The summed E-state index contributed by atoms with van der Waals surface area (Å²) in [5.41, 5.74) is -1.13. The Morgan fingerprint density at radius 3 is 3.00 bits per heavy atom. The summed E-state index contributed by atoms with van der Waals surface area (Å²) in [5, 5.41) is 21.6. The average Bonchev–Trinajstić information content (AvgIpc) is 2.55. The molecule has 124 valence electrons. The lowest BCUT2D eigenvalue weighted by atomic mass is 9.89. The first kappa shape index (κ1) is 18.0. The van der Waals surface area contributed by atoms with Crippen molar-refractivity contribution in [1.29, 1.82) is 5.26 Å². The summed E-state index contributed by atoms with van der Waals surface area (Å²) in [7, 11) is 0. The van der Waals surface area contributed by atoms with Crippen molar-refractivity contribution in [3.8, 4) is 6.07 Å². The number of carboxylic acids is 1. The number of fused-ring (bicyclic) bond motifs is 1. The Morgan fingerprint density at radius 1 is 1.65 bits per heavy atom. The van der Waals surface area contributed by atoms with E-state index < -0.39 is 17.4 Å². The minimum absolute atomic E-state index is 0.0639. The number of amides is 2. The van der Waals surface area contributed by atoms with E-state index in [9.17, 15) is 19.5 Å². The number of allylic oxidation sites excluding steroid dienone is 1. The van der Waals surface area contributed by atoms with Crippen LogP contribution in [0.15, 0.2) is 11.5 Å². The van der Waals surface area contributed by atoms with Crippen molar-refractivity contribution in [2.75, 3.05) is 23.9 Å². The van der Waals surface area contributed by atoms with Crippen LogP contribution >= 0.6 is 35.1 Å². The van der Waals surface area contributed by atoms with Crippen LogP contribution in [0.4, 0.5) is 0 Å². The molecule has 2 unspecified atom stereocenters. The van der Waals surface area contributed by atoms with Crippen LogP contribution in [-0.2, 0) is 14.4 Å². The molecule has 0 aromatic rings. The Balaban J connectivity index is 1.89. The van der Waals surface area contributed by atoms with Crippen LogP contribution in [0.2, 0.25) is 0 Å². The zero-order chi connectivity index (χ0) is 17.0. The highest BCUT2D eigenvalue weighted by atomic mass is 35.5. The Bertz CT molecular complexity index is 594. The third kappa shape index (κ3) is 3.59. The monoisotopic (exact) mass is 375 g/mol. The van der Waals surface area contributed by atoms with Gasteiger partial charge >= 0.3 is 5.97 Å². The number of nitrogens with zero attached hydrogens (tertiary/aromatic N) is 2. The van der Waals surface area contributed by atoms with Crippen LogP contribution in [0.5, 0.6) is 0 Å². The molecule has 2 amide bonds. The highest BCUT2D eigenvalue weighted by Crippen LogP contribution is 2.42. The molecule has 0 spiro atoms. The summed E-state index contributed by atoms with van der Waals surface area (Å²) in [5.74, 6) is -1.26. The number of thioether (sulfide) groups is 2. The quantitative estimate of drug-likeness (QED) is 0.394. The molecule has 7 nitrogen and oxygen atoms in total. The standard InChI is InChI=1S/C13H14ClN3O4S2/c14-5-13(12(20)21)6-17-10(19)9(11(17)23-7-13)16-8(18)4-22-3-1-2-15/h1,3,9,11H,4-7H2,(H,16,18)(H,20,21)/t9?,11-,13?/m1/s1. The Labute approximate surface area is 146 Å². The molecule has 0 bridgehead atoms.